The molecule has 0 aliphatic heterocycles. The summed E-state index contributed by atoms with van der Waals surface area (Å²) in [6.45, 7) is 13.5. The summed E-state index contributed by atoms with van der Waals surface area (Å²) >= 11 is 6.29. The Kier molecular flexibility index (Phi) is 9.76. The molecule has 130 valence electrons. The molecule has 1 aromatic rings. The van der Waals surface area contributed by atoms with E-state index >= 15 is 0 Å². The highest BCUT2D eigenvalue weighted by atomic mass is 35.5. The van der Waals surface area contributed by atoms with Gasteiger partial charge in [0.25, 0.3) is 0 Å². The monoisotopic (exact) mass is 340 g/mol. The SMILES string of the molecule is C=CCOc1c(Cl)cc(CNCCCN(CC)CC)cc1OC. The van der Waals surface area contributed by atoms with E-state index in [9.17, 15) is 0 Å². The van der Waals surface area contributed by atoms with Crippen molar-refractivity contribution in [3.05, 3.63) is 35.4 Å². The minimum Gasteiger partial charge on any atom is -0.493 e. The van der Waals surface area contributed by atoms with E-state index in [2.05, 4.69) is 30.6 Å². The van der Waals surface area contributed by atoms with Crippen molar-refractivity contribution in [2.75, 3.05) is 39.9 Å². The van der Waals surface area contributed by atoms with Crippen LogP contribution in [0.5, 0.6) is 11.5 Å². The van der Waals surface area contributed by atoms with Gasteiger partial charge in [-0.15, -0.1) is 0 Å². The first kappa shape index (κ1) is 19.8. The number of nitrogens with zero attached hydrogens (tertiary/aromatic N) is 1. The fourth-order valence-electron chi connectivity index (χ4n) is 2.36. The van der Waals surface area contributed by atoms with Crippen molar-refractivity contribution in [3.63, 3.8) is 0 Å². The van der Waals surface area contributed by atoms with Crippen LogP contribution in [0.1, 0.15) is 25.8 Å². The fraction of sp³-hybridized carbons (Fsp3) is 0.556. The van der Waals surface area contributed by atoms with Crippen LogP contribution in [0.25, 0.3) is 0 Å². The molecular weight excluding hydrogens is 312 g/mol. The topological polar surface area (TPSA) is 33.7 Å². The van der Waals surface area contributed by atoms with E-state index in [0.29, 0.717) is 23.1 Å². The lowest BCUT2D eigenvalue weighted by molar-refractivity contribution is 0.298. The molecule has 0 unspecified atom stereocenters. The average Bonchev–Trinajstić information content (AvgIpc) is 2.56. The van der Waals surface area contributed by atoms with Crippen molar-refractivity contribution in [1.82, 2.24) is 10.2 Å². The standard InChI is InChI=1S/C18H29ClN2O2/c1-5-11-23-18-16(19)12-15(13-17(18)22-4)14-20-9-8-10-21(6-2)7-3/h5,12-13,20H,1,6-11,14H2,2-4H3. The van der Waals surface area contributed by atoms with E-state index < -0.39 is 0 Å². The number of hydrogen-bond acceptors (Lipinski definition) is 4. The number of nitrogens with one attached hydrogen (secondary N) is 1. The third kappa shape index (κ3) is 6.81. The summed E-state index contributed by atoms with van der Waals surface area (Å²) in [4.78, 5) is 2.42. The molecule has 0 bridgehead atoms. The Bertz CT molecular complexity index is 476. The van der Waals surface area contributed by atoms with Crippen LogP contribution in [-0.2, 0) is 6.54 Å². The van der Waals surface area contributed by atoms with Crippen molar-refractivity contribution >= 4 is 11.6 Å². The largest absolute Gasteiger partial charge is 0.493 e. The Hall–Kier alpha value is -1.23. The summed E-state index contributed by atoms with van der Waals surface area (Å²) in [5, 5.41) is 4.01. The molecule has 0 fully saturated rings. The first-order valence-corrected chi connectivity index (χ1v) is 8.57. The number of benzene rings is 1. The Morgan fingerprint density at radius 1 is 1.30 bits per heavy atom. The van der Waals surface area contributed by atoms with Crippen LogP contribution in [0.2, 0.25) is 5.02 Å². The Labute approximate surface area is 145 Å². The molecule has 0 aromatic heterocycles. The molecule has 5 heteroatoms. The van der Waals surface area contributed by atoms with Crippen LogP contribution in [-0.4, -0.2) is 44.8 Å². The van der Waals surface area contributed by atoms with E-state index in [4.69, 9.17) is 21.1 Å². The second-order valence-electron chi connectivity index (χ2n) is 5.27. The zero-order valence-electron chi connectivity index (χ0n) is 14.5. The number of halogens is 1. The van der Waals surface area contributed by atoms with E-state index in [1.165, 1.54) is 0 Å². The lowest BCUT2D eigenvalue weighted by Gasteiger charge is -2.18. The zero-order chi connectivity index (χ0) is 17.1. The maximum atomic E-state index is 6.29. The maximum Gasteiger partial charge on any atom is 0.180 e. The summed E-state index contributed by atoms with van der Waals surface area (Å²) in [6.07, 6.45) is 2.81. The predicted molar refractivity (Wildman–Crippen MR) is 97.8 cm³/mol. The Morgan fingerprint density at radius 2 is 2.04 bits per heavy atom. The van der Waals surface area contributed by atoms with E-state index in [0.717, 1.165) is 44.7 Å². The molecule has 1 rings (SSSR count). The van der Waals surface area contributed by atoms with Crippen molar-refractivity contribution in [2.24, 2.45) is 0 Å². The molecule has 1 N–H and O–H groups in total. The van der Waals surface area contributed by atoms with Crippen LogP contribution in [0.3, 0.4) is 0 Å². The predicted octanol–water partition coefficient (Wildman–Crippen LogP) is 3.73. The van der Waals surface area contributed by atoms with Gasteiger partial charge in [0.15, 0.2) is 11.5 Å². The number of ether oxygens (including phenoxy) is 2. The van der Waals surface area contributed by atoms with Crippen LogP contribution >= 0.6 is 11.6 Å². The molecule has 0 heterocycles. The highest BCUT2D eigenvalue weighted by Gasteiger charge is 2.11. The lowest BCUT2D eigenvalue weighted by atomic mass is 10.2. The van der Waals surface area contributed by atoms with Crippen LogP contribution < -0.4 is 14.8 Å². The van der Waals surface area contributed by atoms with Gasteiger partial charge >= 0.3 is 0 Å². The zero-order valence-corrected chi connectivity index (χ0v) is 15.3. The summed E-state index contributed by atoms with van der Waals surface area (Å²) in [6, 6.07) is 3.88. The molecular formula is C18H29ClN2O2. The van der Waals surface area contributed by atoms with E-state index in [-0.39, 0.29) is 0 Å². The highest BCUT2D eigenvalue weighted by Crippen LogP contribution is 2.36. The molecule has 0 aliphatic rings. The first-order valence-electron chi connectivity index (χ1n) is 8.19. The molecule has 0 amide bonds. The van der Waals surface area contributed by atoms with Gasteiger partial charge in [-0.3, -0.25) is 0 Å². The average molecular weight is 341 g/mol. The lowest BCUT2D eigenvalue weighted by Crippen LogP contribution is -2.27. The summed E-state index contributed by atoms with van der Waals surface area (Å²) < 4.78 is 10.9. The van der Waals surface area contributed by atoms with Gasteiger partial charge < -0.3 is 19.7 Å². The van der Waals surface area contributed by atoms with Gasteiger partial charge in [-0.05, 0) is 50.3 Å². The van der Waals surface area contributed by atoms with Gasteiger partial charge in [0.05, 0.1) is 12.1 Å². The van der Waals surface area contributed by atoms with Crippen molar-refractivity contribution in [2.45, 2.75) is 26.8 Å². The molecule has 0 radical (unpaired) electrons. The summed E-state index contributed by atoms with van der Waals surface area (Å²) in [5.74, 6) is 1.22. The van der Waals surface area contributed by atoms with E-state index in [1.807, 2.05) is 12.1 Å². The third-order valence-electron chi connectivity index (χ3n) is 3.69. The minimum absolute atomic E-state index is 0.402. The molecule has 23 heavy (non-hydrogen) atoms. The van der Waals surface area contributed by atoms with Gasteiger partial charge in [0, 0.05) is 6.54 Å². The van der Waals surface area contributed by atoms with Gasteiger partial charge in [0.1, 0.15) is 6.61 Å². The van der Waals surface area contributed by atoms with Gasteiger partial charge in [-0.2, -0.15) is 0 Å². The van der Waals surface area contributed by atoms with Gasteiger partial charge in [0.2, 0.25) is 0 Å². The fourth-order valence-corrected chi connectivity index (χ4v) is 2.65. The molecule has 0 atom stereocenters. The number of hydrogen-bond donors (Lipinski definition) is 1. The first-order chi connectivity index (χ1) is 11.2. The minimum atomic E-state index is 0.402. The molecule has 1 aromatic carbocycles. The highest BCUT2D eigenvalue weighted by molar-refractivity contribution is 6.32. The van der Waals surface area contributed by atoms with Gasteiger partial charge in [-0.25, -0.2) is 0 Å². The molecule has 4 nitrogen and oxygen atoms in total. The number of methoxy groups -OCH3 is 1. The van der Waals surface area contributed by atoms with Crippen molar-refractivity contribution in [3.8, 4) is 11.5 Å². The Morgan fingerprint density at radius 3 is 2.65 bits per heavy atom. The normalized spacial score (nSPS) is 10.8. The van der Waals surface area contributed by atoms with Crippen molar-refractivity contribution in [1.29, 1.82) is 0 Å². The molecule has 0 saturated carbocycles. The molecule has 0 spiro atoms. The second kappa shape index (κ2) is 11.3. The maximum absolute atomic E-state index is 6.29. The molecule has 0 aliphatic carbocycles. The summed E-state index contributed by atoms with van der Waals surface area (Å²) in [5.41, 5.74) is 1.08. The molecule has 0 saturated heterocycles. The van der Waals surface area contributed by atoms with Crippen LogP contribution in [0.15, 0.2) is 24.8 Å². The van der Waals surface area contributed by atoms with E-state index in [1.54, 1.807) is 13.2 Å². The second-order valence-corrected chi connectivity index (χ2v) is 5.67. The summed E-state index contributed by atoms with van der Waals surface area (Å²) in [7, 11) is 1.62. The van der Waals surface area contributed by atoms with Crippen LogP contribution in [0, 0.1) is 0 Å². The van der Waals surface area contributed by atoms with Gasteiger partial charge in [-0.1, -0.05) is 38.1 Å². The third-order valence-corrected chi connectivity index (χ3v) is 3.97. The van der Waals surface area contributed by atoms with Crippen LogP contribution in [0.4, 0.5) is 0 Å². The Balaban J connectivity index is 2.51. The number of rotatable bonds is 12. The van der Waals surface area contributed by atoms with Crippen molar-refractivity contribution < 1.29 is 9.47 Å². The quantitative estimate of drug-likeness (QED) is 0.464. The smallest absolute Gasteiger partial charge is 0.180 e.